The summed E-state index contributed by atoms with van der Waals surface area (Å²) in [4.78, 5) is 21.3. The molecule has 6 heteroatoms. The lowest BCUT2D eigenvalue weighted by Crippen LogP contribution is -2.28. The minimum Gasteiger partial charge on any atom is -0.481 e. The molecule has 1 aliphatic carbocycles. The molecule has 0 bridgehead atoms. The predicted octanol–water partition coefficient (Wildman–Crippen LogP) is 4.31. The minimum absolute atomic E-state index is 0.0359. The molecule has 0 aliphatic heterocycles. The van der Waals surface area contributed by atoms with E-state index >= 15 is 0 Å². The van der Waals surface area contributed by atoms with Crippen molar-refractivity contribution in [3.8, 4) is 0 Å². The van der Waals surface area contributed by atoms with Gasteiger partial charge in [-0.05, 0) is 19.8 Å². The number of hydrogen-bond acceptors (Lipinski definition) is 4. The Labute approximate surface area is 169 Å². The third kappa shape index (κ3) is 11.9. The summed E-state index contributed by atoms with van der Waals surface area (Å²) in [6.07, 6.45) is 16.4. The van der Waals surface area contributed by atoms with E-state index in [1.54, 1.807) is 0 Å². The van der Waals surface area contributed by atoms with Gasteiger partial charge in [0.2, 0.25) is 0 Å². The summed E-state index contributed by atoms with van der Waals surface area (Å²) in [6.45, 7) is 3.66. The standard InChI is InChI=1S/C13H28O2.C9H10O4/c1-2-3-4-5-6-7-8-9-10-11-13(15)12-14;1-9(8(12)13)4-2-3-6(5-9)7(10)11/h13-15H,2-12H2,1H3;2-4H,5H2,1H3,(H,10,11)(H,12,13). The van der Waals surface area contributed by atoms with Crippen LogP contribution < -0.4 is 0 Å². The summed E-state index contributed by atoms with van der Waals surface area (Å²) in [5.41, 5.74) is -0.949. The highest BCUT2D eigenvalue weighted by atomic mass is 16.4. The van der Waals surface area contributed by atoms with Gasteiger partial charge in [0.15, 0.2) is 0 Å². The highest BCUT2D eigenvalue weighted by Crippen LogP contribution is 2.31. The number of aliphatic hydroxyl groups excluding tert-OH is 2. The van der Waals surface area contributed by atoms with Crippen LogP contribution >= 0.6 is 0 Å². The van der Waals surface area contributed by atoms with Crippen molar-refractivity contribution in [2.75, 3.05) is 6.61 Å². The van der Waals surface area contributed by atoms with Crippen LogP contribution in [0.3, 0.4) is 0 Å². The number of hydrogen-bond donors (Lipinski definition) is 4. The van der Waals surface area contributed by atoms with Gasteiger partial charge in [-0.15, -0.1) is 0 Å². The summed E-state index contributed by atoms with van der Waals surface area (Å²) < 4.78 is 0. The summed E-state index contributed by atoms with van der Waals surface area (Å²) >= 11 is 0. The zero-order chi connectivity index (χ0) is 21.4. The van der Waals surface area contributed by atoms with Gasteiger partial charge in [0.05, 0.1) is 18.1 Å². The zero-order valence-corrected chi connectivity index (χ0v) is 17.4. The maximum atomic E-state index is 10.8. The number of rotatable bonds is 13. The van der Waals surface area contributed by atoms with Crippen LogP contribution in [0.25, 0.3) is 0 Å². The van der Waals surface area contributed by atoms with Crippen molar-refractivity contribution in [1.29, 1.82) is 0 Å². The second-order valence-electron chi connectivity index (χ2n) is 7.71. The number of aliphatic carboxylic acids is 2. The van der Waals surface area contributed by atoms with Crippen molar-refractivity contribution in [3.05, 3.63) is 23.8 Å². The van der Waals surface area contributed by atoms with E-state index in [0.29, 0.717) is 0 Å². The van der Waals surface area contributed by atoms with E-state index in [9.17, 15) is 9.59 Å². The van der Waals surface area contributed by atoms with Gasteiger partial charge in [0, 0.05) is 5.57 Å². The lowest BCUT2D eigenvalue weighted by Gasteiger charge is -2.23. The summed E-state index contributed by atoms with van der Waals surface area (Å²) in [5.74, 6) is -2.06. The molecule has 2 unspecified atom stereocenters. The van der Waals surface area contributed by atoms with E-state index < -0.39 is 23.5 Å². The van der Waals surface area contributed by atoms with Crippen molar-refractivity contribution >= 4 is 11.9 Å². The number of allylic oxidation sites excluding steroid dienone is 2. The molecule has 1 aliphatic rings. The number of aliphatic hydroxyl groups is 2. The molecule has 0 saturated heterocycles. The Bertz CT molecular complexity index is 511. The van der Waals surface area contributed by atoms with Gasteiger partial charge in [0.1, 0.15) is 0 Å². The van der Waals surface area contributed by atoms with Crippen LogP contribution in [0.4, 0.5) is 0 Å². The van der Waals surface area contributed by atoms with Crippen LogP contribution in [-0.2, 0) is 9.59 Å². The lowest BCUT2D eigenvalue weighted by molar-refractivity contribution is -0.145. The lowest BCUT2D eigenvalue weighted by atomic mass is 9.80. The van der Waals surface area contributed by atoms with Crippen molar-refractivity contribution in [1.82, 2.24) is 0 Å². The molecule has 0 aromatic rings. The quantitative estimate of drug-likeness (QED) is 0.344. The third-order valence-electron chi connectivity index (χ3n) is 4.93. The first-order valence-corrected chi connectivity index (χ1v) is 10.4. The van der Waals surface area contributed by atoms with Crippen LogP contribution in [0.5, 0.6) is 0 Å². The fourth-order valence-corrected chi connectivity index (χ4v) is 2.97. The molecular formula is C22H38O6. The molecule has 28 heavy (non-hydrogen) atoms. The van der Waals surface area contributed by atoms with E-state index in [4.69, 9.17) is 20.4 Å². The van der Waals surface area contributed by atoms with Gasteiger partial charge in [-0.1, -0.05) is 82.9 Å². The zero-order valence-electron chi connectivity index (χ0n) is 17.4. The number of unbranched alkanes of at least 4 members (excludes halogenated alkanes) is 8. The number of carboxylic acids is 2. The van der Waals surface area contributed by atoms with Gasteiger partial charge < -0.3 is 20.4 Å². The molecule has 0 radical (unpaired) electrons. The smallest absolute Gasteiger partial charge is 0.331 e. The van der Waals surface area contributed by atoms with Gasteiger partial charge in [0.25, 0.3) is 0 Å². The Morgan fingerprint density at radius 3 is 2.04 bits per heavy atom. The molecule has 6 nitrogen and oxygen atoms in total. The topological polar surface area (TPSA) is 115 Å². The van der Waals surface area contributed by atoms with E-state index in [1.165, 1.54) is 76.5 Å². The Hall–Kier alpha value is -1.66. The van der Waals surface area contributed by atoms with Gasteiger partial charge >= 0.3 is 11.9 Å². The molecule has 0 saturated carbocycles. The number of carboxylic acid groups (broad SMARTS) is 2. The molecule has 4 N–H and O–H groups in total. The highest BCUT2D eigenvalue weighted by molar-refractivity contribution is 5.90. The average molecular weight is 399 g/mol. The first-order valence-electron chi connectivity index (χ1n) is 10.4. The van der Waals surface area contributed by atoms with Crippen molar-refractivity contribution in [2.45, 2.75) is 90.6 Å². The van der Waals surface area contributed by atoms with E-state index in [1.807, 2.05) is 0 Å². The summed E-state index contributed by atoms with van der Waals surface area (Å²) in [7, 11) is 0. The largest absolute Gasteiger partial charge is 0.481 e. The molecule has 0 amide bonds. The van der Waals surface area contributed by atoms with E-state index in [-0.39, 0.29) is 18.6 Å². The van der Waals surface area contributed by atoms with Crippen LogP contribution in [0.15, 0.2) is 23.8 Å². The molecule has 0 spiro atoms. The molecule has 2 atom stereocenters. The van der Waals surface area contributed by atoms with Crippen molar-refractivity contribution in [2.24, 2.45) is 5.41 Å². The minimum atomic E-state index is -1.08. The normalized spacial score (nSPS) is 19.4. The Morgan fingerprint density at radius 1 is 1.04 bits per heavy atom. The Balaban J connectivity index is 0.000000525. The Morgan fingerprint density at radius 2 is 1.57 bits per heavy atom. The van der Waals surface area contributed by atoms with E-state index in [0.717, 1.165) is 12.8 Å². The second kappa shape index (κ2) is 15.3. The number of carbonyl (C=O) groups is 2. The van der Waals surface area contributed by atoms with Gasteiger partial charge in [-0.3, -0.25) is 4.79 Å². The van der Waals surface area contributed by atoms with Crippen molar-refractivity contribution in [3.63, 3.8) is 0 Å². The van der Waals surface area contributed by atoms with Crippen LogP contribution in [0, 0.1) is 5.41 Å². The summed E-state index contributed by atoms with van der Waals surface area (Å²) in [5, 5.41) is 35.2. The maximum Gasteiger partial charge on any atom is 0.331 e. The molecule has 0 heterocycles. The molecule has 1 rings (SSSR count). The monoisotopic (exact) mass is 398 g/mol. The molecule has 0 aromatic carbocycles. The first-order chi connectivity index (χ1) is 13.3. The Kier molecular flexibility index (Phi) is 14.4. The van der Waals surface area contributed by atoms with Crippen LogP contribution in [0.2, 0.25) is 0 Å². The molecule has 0 fully saturated rings. The summed E-state index contributed by atoms with van der Waals surface area (Å²) in [6, 6.07) is 0. The predicted molar refractivity (Wildman–Crippen MR) is 110 cm³/mol. The van der Waals surface area contributed by atoms with E-state index in [2.05, 4.69) is 6.92 Å². The molecule has 162 valence electrons. The highest BCUT2D eigenvalue weighted by Gasteiger charge is 2.34. The van der Waals surface area contributed by atoms with Crippen LogP contribution in [0.1, 0.15) is 84.5 Å². The average Bonchev–Trinajstić information content (AvgIpc) is 2.67. The fourth-order valence-electron chi connectivity index (χ4n) is 2.97. The fraction of sp³-hybridized carbons (Fsp3) is 0.727. The van der Waals surface area contributed by atoms with Gasteiger partial charge in [-0.2, -0.15) is 0 Å². The van der Waals surface area contributed by atoms with Crippen LogP contribution in [-0.4, -0.2) is 45.1 Å². The SMILES string of the molecule is CC1(C(=O)O)C=CC=C(C(=O)O)C1.CCCCCCCCCCCC(O)CO. The van der Waals surface area contributed by atoms with Gasteiger partial charge in [-0.25, -0.2) is 4.79 Å². The van der Waals surface area contributed by atoms with Crippen molar-refractivity contribution < 1.29 is 30.0 Å². The molecule has 0 aromatic heterocycles. The maximum absolute atomic E-state index is 10.8. The third-order valence-corrected chi connectivity index (χ3v) is 4.93. The molecular weight excluding hydrogens is 360 g/mol. The first kappa shape index (κ1) is 26.3. The second-order valence-corrected chi connectivity index (χ2v) is 7.71.